The highest BCUT2D eigenvalue weighted by atomic mass is 16.5. The Morgan fingerprint density at radius 1 is 1.26 bits per heavy atom. The van der Waals surface area contributed by atoms with Gasteiger partial charge in [0.15, 0.2) is 0 Å². The van der Waals surface area contributed by atoms with Crippen LogP contribution in [0.3, 0.4) is 0 Å². The summed E-state index contributed by atoms with van der Waals surface area (Å²) >= 11 is 0. The lowest BCUT2D eigenvalue weighted by Crippen LogP contribution is -2.58. The summed E-state index contributed by atoms with van der Waals surface area (Å²) in [5.74, 6) is -0.849. The molecule has 0 aromatic heterocycles. The van der Waals surface area contributed by atoms with Crippen LogP contribution in [0.25, 0.3) is 0 Å². The number of rotatable bonds is 5. The van der Waals surface area contributed by atoms with Crippen LogP contribution >= 0.6 is 0 Å². The zero-order chi connectivity index (χ0) is 16.4. The highest BCUT2D eigenvalue weighted by Crippen LogP contribution is 2.42. The highest BCUT2D eigenvalue weighted by molar-refractivity contribution is 5.78. The van der Waals surface area contributed by atoms with E-state index in [4.69, 9.17) is 4.74 Å². The molecule has 4 heteroatoms. The summed E-state index contributed by atoms with van der Waals surface area (Å²) in [5, 5.41) is 9.61. The number of aliphatic hydroxyl groups excluding tert-OH is 1. The highest BCUT2D eigenvalue weighted by Gasteiger charge is 2.51. The van der Waals surface area contributed by atoms with Crippen molar-refractivity contribution in [3.63, 3.8) is 0 Å². The average Bonchev–Trinajstić information content (AvgIpc) is 2.74. The second-order valence-corrected chi connectivity index (χ2v) is 7.22. The number of hydrogen-bond acceptors (Lipinski definition) is 3. The Morgan fingerprint density at radius 3 is 2.39 bits per heavy atom. The molecule has 2 heterocycles. The van der Waals surface area contributed by atoms with Crippen molar-refractivity contribution in [2.75, 3.05) is 20.2 Å². The van der Waals surface area contributed by atoms with Gasteiger partial charge in [-0.05, 0) is 12.5 Å². The van der Waals surface area contributed by atoms with Gasteiger partial charge in [0.25, 0.3) is 0 Å². The number of carbonyl (C=O) groups excluding carboxylic acids is 1. The number of hydrogen-bond donors (Lipinski definition) is 1. The lowest BCUT2D eigenvalue weighted by molar-refractivity contribution is -0.947. The Kier molecular flexibility index (Phi) is 4.74. The number of quaternary nitrogens is 1. The summed E-state index contributed by atoms with van der Waals surface area (Å²) in [6.07, 6.45) is 4.41. The van der Waals surface area contributed by atoms with Crippen molar-refractivity contribution in [1.29, 1.82) is 0 Å². The standard InChI is InChI=1S/C19H28NO3/c1-3-20(2)15-9-10-16(20)12-17(11-15)23-19(22)18(13-21)14-7-5-4-6-8-14/h4-8,15-18,21H,3,9-13H2,1-2H3/q+1/t15-,16-,17?,18+,20?/m0/s1. The molecule has 0 amide bonds. The summed E-state index contributed by atoms with van der Waals surface area (Å²) in [4.78, 5) is 12.5. The molecule has 3 rings (SSSR count). The number of piperidine rings is 1. The summed E-state index contributed by atoms with van der Waals surface area (Å²) in [6, 6.07) is 10.6. The average molecular weight is 318 g/mol. The van der Waals surface area contributed by atoms with Crippen LogP contribution in [-0.2, 0) is 9.53 Å². The first kappa shape index (κ1) is 16.5. The van der Waals surface area contributed by atoms with Gasteiger partial charge in [-0.3, -0.25) is 4.79 Å². The summed E-state index contributed by atoms with van der Waals surface area (Å²) < 4.78 is 6.94. The molecule has 3 atom stereocenters. The molecule has 2 saturated heterocycles. The quantitative estimate of drug-likeness (QED) is 0.670. The van der Waals surface area contributed by atoms with E-state index in [0.717, 1.165) is 29.4 Å². The van der Waals surface area contributed by atoms with E-state index in [1.165, 1.54) is 12.8 Å². The minimum atomic E-state index is -0.567. The van der Waals surface area contributed by atoms with Gasteiger partial charge in [-0.25, -0.2) is 0 Å². The third kappa shape index (κ3) is 3.02. The van der Waals surface area contributed by atoms with Gasteiger partial charge in [-0.15, -0.1) is 0 Å². The second-order valence-electron chi connectivity index (χ2n) is 7.22. The van der Waals surface area contributed by atoms with Crippen LogP contribution in [0.4, 0.5) is 0 Å². The number of esters is 1. The fourth-order valence-corrected chi connectivity index (χ4v) is 4.55. The van der Waals surface area contributed by atoms with Crippen molar-refractivity contribution < 1.29 is 19.1 Å². The van der Waals surface area contributed by atoms with Gasteiger partial charge in [0.1, 0.15) is 12.0 Å². The predicted octanol–water partition coefficient (Wildman–Crippen LogP) is 2.47. The van der Waals surface area contributed by atoms with Crippen LogP contribution in [0, 0.1) is 0 Å². The van der Waals surface area contributed by atoms with Gasteiger partial charge in [0.2, 0.25) is 0 Å². The van der Waals surface area contributed by atoms with E-state index in [9.17, 15) is 9.90 Å². The normalized spacial score (nSPS) is 34.1. The molecule has 1 N–H and O–H groups in total. The zero-order valence-corrected chi connectivity index (χ0v) is 14.1. The Morgan fingerprint density at radius 2 is 1.87 bits per heavy atom. The fourth-order valence-electron chi connectivity index (χ4n) is 4.55. The molecule has 0 aliphatic carbocycles. The molecule has 2 bridgehead atoms. The predicted molar refractivity (Wildman–Crippen MR) is 88.9 cm³/mol. The molecule has 4 nitrogen and oxygen atoms in total. The van der Waals surface area contributed by atoms with Gasteiger partial charge >= 0.3 is 5.97 Å². The van der Waals surface area contributed by atoms with Gasteiger partial charge in [0, 0.05) is 25.7 Å². The lowest BCUT2D eigenvalue weighted by Gasteiger charge is -2.46. The molecule has 23 heavy (non-hydrogen) atoms. The minimum absolute atomic E-state index is 0.00973. The van der Waals surface area contributed by atoms with Crippen molar-refractivity contribution in [2.24, 2.45) is 0 Å². The molecule has 2 aliphatic heterocycles. The van der Waals surface area contributed by atoms with E-state index in [-0.39, 0.29) is 18.7 Å². The van der Waals surface area contributed by atoms with E-state index in [1.54, 1.807) is 0 Å². The second kappa shape index (κ2) is 6.62. The Labute approximate surface area is 138 Å². The maximum absolute atomic E-state index is 12.5. The van der Waals surface area contributed by atoms with Gasteiger partial charge in [-0.2, -0.15) is 0 Å². The monoisotopic (exact) mass is 318 g/mol. The van der Waals surface area contributed by atoms with Crippen LogP contribution in [0.5, 0.6) is 0 Å². The first-order valence-electron chi connectivity index (χ1n) is 8.79. The molecule has 1 aromatic carbocycles. The number of benzene rings is 1. The van der Waals surface area contributed by atoms with Gasteiger partial charge in [0.05, 0.1) is 32.3 Å². The van der Waals surface area contributed by atoms with E-state index in [1.807, 2.05) is 30.3 Å². The molecular weight excluding hydrogens is 290 g/mol. The number of fused-ring (bicyclic) bond motifs is 2. The zero-order valence-electron chi connectivity index (χ0n) is 14.1. The summed E-state index contributed by atoms with van der Waals surface area (Å²) in [6.45, 7) is 3.21. The molecule has 0 spiro atoms. The maximum Gasteiger partial charge on any atom is 0.316 e. The smallest absolute Gasteiger partial charge is 0.316 e. The van der Waals surface area contributed by atoms with E-state index >= 15 is 0 Å². The van der Waals surface area contributed by atoms with Crippen LogP contribution < -0.4 is 0 Å². The Hall–Kier alpha value is -1.39. The van der Waals surface area contributed by atoms with E-state index < -0.39 is 5.92 Å². The number of aliphatic hydroxyl groups is 1. The molecule has 126 valence electrons. The minimum Gasteiger partial charge on any atom is -0.461 e. The Bertz CT molecular complexity index is 531. The maximum atomic E-state index is 12.5. The third-order valence-corrected chi connectivity index (χ3v) is 6.20. The fraction of sp³-hybridized carbons (Fsp3) is 0.632. The van der Waals surface area contributed by atoms with Crippen molar-refractivity contribution in [3.05, 3.63) is 35.9 Å². The third-order valence-electron chi connectivity index (χ3n) is 6.20. The molecule has 0 radical (unpaired) electrons. The molecular formula is C19H28NO3+. The van der Waals surface area contributed by atoms with Crippen LogP contribution in [-0.4, -0.2) is 53.9 Å². The first-order valence-corrected chi connectivity index (χ1v) is 8.79. The van der Waals surface area contributed by atoms with Crippen molar-refractivity contribution in [1.82, 2.24) is 0 Å². The molecule has 2 fully saturated rings. The van der Waals surface area contributed by atoms with Crippen LogP contribution in [0.2, 0.25) is 0 Å². The molecule has 0 unspecified atom stereocenters. The number of carbonyl (C=O) groups is 1. The molecule has 1 aromatic rings. The van der Waals surface area contributed by atoms with Crippen molar-refractivity contribution in [3.8, 4) is 0 Å². The molecule has 2 aliphatic rings. The largest absolute Gasteiger partial charge is 0.461 e. The first-order chi connectivity index (χ1) is 11.1. The van der Waals surface area contributed by atoms with Gasteiger partial charge in [-0.1, -0.05) is 30.3 Å². The van der Waals surface area contributed by atoms with Crippen molar-refractivity contribution in [2.45, 2.75) is 56.7 Å². The van der Waals surface area contributed by atoms with Crippen LogP contribution in [0.1, 0.15) is 44.1 Å². The van der Waals surface area contributed by atoms with E-state index in [0.29, 0.717) is 12.1 Å². The van der Waals surface area contributed by atoms with Crippen LogP contribution in [0.15, 0.2) is 30.3 Å². The Balaban J connectivity index is 1.65. The summed E-state index contributed by atoms with van der Waals surface area (Å²) in [5.41, 5.74) is 0.827. The number of nitrogens with zero attached hydrogens (tertiary/aromatic N) is 1. The topological polar surface area (TPSA) is 46.5 Å². The van der Waals surface area contributed by atoms with E-state index in [2.05, 4.69) is 14.0 Å². The summed E-state index contributed by atoms with van der Waals surface area (Å²) in [7, 11) is 2.35. The lowest BCUT2D eigenvalue weighted by atomic mass is 9.96. The number of ether oxygens (including phenoxy) is 1. The SMILES string of the molecule is CC[N+]1(C)[C@H]2CC[C@H]1CC(OC(=O)[C@H](CO)c1ccccc1)C2. The van der Waals surface area contributed by atoms with Crippen molar-refractivity contribution >= 4 is 5.97 Å². The van der Waals surface area contributed by atoms with Gasteiger partial charge < -0.3 is 14.3 Å². The molecule has 0 saturated carbocycles.